The molecular weight excluding hydrogens is 354 g/mol. The van der Waals surface area contributed by atoms with Crippen molar-refractivity contribution in [2.75, 3.05) is 18.4 Å². The summed E-state index contributed by atoms with van der Waals surface area (Å²) in [5.74, 6) is 0.855. The molecule has 1 heterocycles. The molecule has 1 aromatic carbocycles. The van der Waals surface area contributed by atoms with Gasteiger partial charge in [-0.1, -0.05) is 19.1 Å². The van der Waals surface area contributed by atoms with Crippen LogP contribution in [0.25, 0.3) is 0 Å². The van der Waals surface area contributed by atoms with Gasteiger partial charge in [-0.3, -0.25) is 4.79 Å². The highest BCUT2D eigenvalue weighted by molar-refractivity contribution is 7.89. The fourth-order valence-electron chi connectivity index (χ4n) is 2.28. The first kappa shape index (κ1) is 19.8. The zero-order valence-corrected chi connectivity index (χ0v) is 15.6. The van der Waals surface area contributed by atoms with Crippen LogP contribution in [0.4, 0.5) is 5.82 Å². The maximum absolute atomic E-state index is 12.0. The summed E-state index contributed by atoms with van der Waals surface area (Å²) in [6.07, 6.45) is 1.51. The summed E-state index contributed by atoms with van der Waals surface area (Å²) in [7, 11) is -3.68. The predicted molar refractivity (Wildman–Crippen MR) is 99.4 cm³/mol. The summed E-state index contributed by atoms with van der Waals surface area (Å²) in [5, 5.41) is 11.0. The number of primary sulfonamides is 1. The van der Waals surface area contributed by atoms with Crippen LogP contribution in [0.15, 0.2) is 35.2 Å². The van der Waals surface area contributed by atoms with Gasteiger partial charge in [-0.05, 0) is 37.5 Å². The molecule has 0 saturated carbocycles. The zero-order chi connectivity index (χ0) is 19.2. The molecule has 1 amide bonds. The normalized spacial score (nSPS) is 11.2. The fourth-order valence-corrected chi connectivity index (χ4v) is 2.80. The SMILES string of the molecule is CCCNC(=O)c1cc(NCCc2ccc(S(N)(=O)=O)cc2)nc(C)n1. The lowest BCUT2D eigenvalue weighted by Crippen LogP contribution is -2.25. The average Bonchev–Trinajstić information content (AvgIpc) is 2.59. The van der Waals surface area contributed by atoms with Gasteiger partial charge in [0.15, 0.2) is 0 Å². The topological polar surface area (TPSA) is 127 Å². The van der Waals surface area contributed by atoms with E-state index in [0.29, 0.717) is 36.8 Å². The van der Waals surface area contributed by atoms with Crippen molar-refractivity contribution in [1.82, 2.24) is 15.3 Å². The van der Waals surface area contributed by atoms with Crippen molar-refractivity contribution in [3.63, 3.8) is 0 Å². The number of carbonyl (C=O) groups excluding carboxylic acids is 1. The number of benzene rings is 1. The highest BCUT2D eigenvalue weighted by Gasteiger charge is 2.10. The Morgan fingerprint density at radius 1 is 1.15 bits per heavy atom. The minimum atomic E-state index is -3.68. The van der Waals surface area contributed by atoms with E-state index in [0.717, 1.165) is 12.0 Å². The van der Waals surface area contributed by atoms with Gasteiger partial charge in [0, 0.05) is 19.2 Å². The van der Waals surface area contributed by atoms with E-state index >= 15 is 0 Å². The first-order valence-corrected chi connectivity index (χ1v) is 9.83. The smallest absolute Gasteiger partial charge is 0.270 e. The average molecular weight is 377 g/mol. The van der Waals surface area contributed by atoms with Crippen LogP contribution in [0.2, 0.25) is 0 Å². The molecule has 4 N–H and O–H groups in total. The molecule has 0 spiro atoms. The van der Waals surface area contributed by atoms with Crippen LogP contribution in [-0.2, 0) is 16.4 Å². The lowest BCUT2D eigenvalue weighted by molar-refractivity contribution is 0.0948. The molecule has 9 heteroatoms. The van der Waals surface area contributed by atoms with E-state index in [1.807, 2.05) is 6.92 Å². The van der Waals surface area contributed by atoms with E-state index in [9.17, 15) is 13.2 Å². The summed E-state index contributed by atoms with van der Waals surface area (Å²) in [4.78, 5) is 20.5. The summed E-state index contributed by atoms with van der Waals surface area (Å²) >= 11 is 0. The van der Waals surface area contributed by atoms with E-state index in [1.54, 1.807) is 25.1 Å². The third-order valence-corrected chi connectivity index (χ3v) is 4.51. The first-order chi connectivity index (χ1) is 12.3. The molecule has 0 fully saturated rings. The summed E-state index contributed by atoms with van der Waals surface area (Å²) in [6, 6.07) is 8.01. The van der Waals surface area contributed by atoms with Crippen molar-refractivity contribution < 1.29 is 13.2 Å². The van der Waals surface area contributed by atoms with Gasteiger partial charge in [0.05, 0.1) is 4.90 Å². The second-order valence-corrected chi connectivity index (χ2v) is 7.37. The second-order valence-electron chi connectivity index (χ2n) is 5.81. The quantitative estimate of drug-likeness (QED) is 0.635. The largest absolute Gasteiger partial charge is 0.370 e. The molecule has 8 nitrogen and oxygen atoms in total. The van der Waals surface area contributed by atoms with Gasteiger partial charge in [0.2, 0.25) is 10.0 Å². The molecule has 0 aliphatic rings. The molecule has 1 aromatic heterocycles. The van der Waals surface area contributed by atoms with Gasteiger partial charge < -0.3 is 10.6 Å². The van der Waals surface area contributed by atoms with Gasteiger partial charge in [0.25, 0.3) is 5.91 Å². The summed E-state index contributed by atoms with van der Waals surface area (Å²) in [5.41, 5.74) is 1.28. The summed E-state index contributed by atoms with van der Waals surface area (Å²) < 4.78 is 22.5. The minimum Gasteiger partial charge on any atom is -0.370 e. The molecule has 0 aliphatic heterocycles. The van der Waals surface area contributed by atoms with E-state index in [2.05, 4.69) is 20.6 Å². The lowest BCUT2D eigenvalue weighted by atomic mass is 10.1. The number of hydrogen-bond donors (Lipinski definition) is 3. The molecule has 0 unspecified atom stereocenters. The van der Waals surface area contributed by atoms with Gasteiger partial charge in [-0.25, -0.2) is 23.5 Å². The van der Waals surface area contributed by atoms with Crippen LogP contribution >= 0.6 is 0 Å². The number of aryl methyl sites for hydroxylation is 1. The number of nitrogens with one attached hydrogen (secondary N) is 2. The predicted octanol–water partition coefficient (Wildman–Crippen LogP) is 1.23. The maximum Gasteiger partial charge on any atom is 0.270 e. The molecule has 0 radical (unpaired) electrons. The van der Waals surface area contributed by atoms with Crippen LogP contribution in [0, 0.1) is 6.92 Å². The van der Waals surface area contributed by atoms with Crippen molar-refractivity contribution in [3.8, 4) is 0 Å². The monoisotopic (exact) mass is 377 g/mol. The third kappa shape index (κ3) is 5.78. The van der Waals surface area contributed by atoms with Crippen LogP contribution in [0.3, 0.4) is 0 Å². The maximum atomic E-state index is 12.0. The van der Waals surface area contributed by atoms with Gasteiger partial charge in [-0.2, -0.15) is 0 Å². The number of rotatable bonds is 8. The Kier molecular flexibility index (Phi) is 6.64. The molecule has 0 atom stereocenters. The Morgan fingerprint density at radius 3 is 2.46 bits per heavy atom. The van der Waals surface area contributed by atoms with Crippen molar-refractivity contribution in [2.45, 2.75) is 31.6 Å². The van der Waals surface area contributed by atoms with E-state index in [4.69, 9.17) is 5.14 Å². The molecule has 2 rings (SSSR count). The highest BCUT2D eigenvalue weighted by Crippen LogP contribution is 2.11. The number of carbonyl (C=O) groups is 1. The lowest BCUT2D eigenvalue weighted by Gasteiger charge is -2.09. The van der Waals surface area contributed by atoms with Gasteiger partial charge in [-0.15, -0.1) is 0 Å². The molecule has 0 aliphatic carbocycles. The molecule has 0 saturated heterocycles. The van der Waals surface area contributed by atoms with Crippen molar-refractivity contribution in [3.05, 3.63) is 47.4 Å². The van der Waals surface area contributed by atoms with Gasteiger partial charge >= 0.3 is 0 Å². The Hall–Kier alpha value is -2.52. The van der Waals surface area contributed by atoms with E-state index in [-0.39, 0.29) is 10.8 Å². The highest BCUT2D eigenvalue weighted by atomic mass is 32.2. The fraction of sp³-hybridized carbons (Fsp3) is 0.353. The number of aromatic nitrogens is 2. The van der Waals surface area contributed by atoms with Crippen LogP contribution in [-0.4, -0.2) is 37.4 Å². The Labute approximate surface area is 153 Å². The van der Waals surface area contributed by atoms with Gasteiger partial charge in [0.1, 0.15) is 17.3 Å². The number of hydrogen-bond acceptors (Lipinski definition) is 6. The molecular formula is C17H23N5O3S. The van der Waals surface area contributed by atoms with Crippen molar-refractivity contribution >= 4 is 21.7 Å². The molecule has 0 bridgehead atoms. The zero-order valence-electron chi connectivity index (χ0n) is 14.8. The van der Waals surface area contributed by atoms with Crippen LogP contribution in [0.1, 0.15) is 35.2 Å². The Bertz CT molecular complexity index is 866. The third-order valence-electron chi connectivity index (χ3n) is 3.58. The second kappa shape index (κ2) is 8.72. The number of sulfonamides is 1. The molecule has 140 valence electrons. The Balaban J connectivity index is 1.97. The standard InChI is InChI=1S/C17H23N5O3S/c1-3-9-20-17(23)15-11-16(22-12(2)21-15)19-10-8-13-4-6-14(7-5-13)26(18,24)25/h4-7,11H,3,8-10H2,1-2H3,(H,20,23)(H2,18,24,25)(H,19,21,22). The molecule has 26 heavy (non-hydrogen) atoms. The molecule has 2 aromatic rings. The summed E-state index contributed by atoms with van der Waals surface area (Å²) in [6.45, 7) is 4.88. The first-order valence-electron chi connectivity index (χ1n) is 8.29. The number of nitrogens with zero attached hydrogens (tertiary/aromatic N) is 2. The van der Waals surface area contributed by atoms with Crippen molar-refractivity contribution in [2.24, 2.45) is 5.14 Å². The van der Waals surface area contributed by atoms with Crippen LogP contribution in [0.5, 0.6) is 0 Å². The van der Waals surface area contributed by atoms with Crippen LogP contribution < -0.4 is 15.8 Å². The number of nitrogens with two attached hydrogens (primary N) is 1. The van der Waals surface area contributed by atoms with E-state index in [1.165, 1.54) is 12.1 Å². The van der Waals surface area contributed by atoms with E-state index < -0.39 is 10.0 Å². The minimum absolute atomic E-state index is 0.0865. The number of anilines is 1. The number of amides is 1. The van der Waals surface area contributed by atoms with Crippen molar-refractivity contribution in [1.29, 1.82) is 0 Å². The Morgan fingerprint density at radius 2 is 1.85 bits per heavy atom.